The van der Waals surface area contributed by atoms with Crippen LogP contribution in [0.3, 0.4) is 0 Å². The van der Waals surface area contributed by atoms with Crippen molar-refractivity contribution in [2.45, 2.75) is 115 Å². The van der Waals surface area contributed by atoms with Gasteiger partial charge in [-0.1, -0.05) is 78.0 Å². The van der Waals surface area contributed by atoms with E-state index in [1.807, 2.05) is 36.4 Å². The van der Waals surface area contributed by atoms with Crippen molar-refractivity contribution >= 4 is 50.8 Å². The highest BCUT2D eigenvalue weighted by Gasteiger charge is 2.44. The Morgan fingerprint density at radius 2 is 1.56 bits per heavy atom. The van der Waals surface area contributed by atoms with Gasteiger partial charge in [0, 0.05) is 15.6 Å². The lowest BCUT2D eigenvalue weighted by Gasteiger charge is -2.40. The van der Waals surface area contributed by atoms with Crippen LogP contribution < -0.4 is 14.2 Å². The topological polar surface area (TPSA) is 46.2 Å². The summed E-state index contributed by atoms with van der Waals surface area (Å²) >= 11 is 9.72. The molecule has 1 aliphatic rings. The molecule has 0 saturated heterocycles. The summed E-state index contributed by atoms with van der Waals surface area (Å²) in [6.45, 7) is 18.8. The summed E-state index contributed by atoms with van der Waals surface area (Å²) < 4.78 is 33.1. The van der Waals surface area contributed by atoms with Crippen LogP contribution in [0.25, 0.3) is 0 Å². The van der Waals surface area contributed by atoms with Crippen molar-refractivity contribution in [2.24, 2.45) is 0 Å². The van der Waals surface area contributed by atoms with Crippen molar-refractivity contribution in [1.82, 2.24) is 0 Å². The molecule has 3 atom stereocenters. The maximum atomic E-state index is 7.37. The molecule has 0 aromatic heterocycles. The number of hydrogen-bond acceptors (Lipinski definition) is 5. The van der Waals surface area contributed by atoms with Gasteiger partial charge >= 0.3 is 0 Å². The zero-order chi connectivity index (χ0) is 32.0. The highest BCUT2D eigenvalue weighted by Crippen LogP contribution is 2.46. The van der Waals surface area contributed by atoms with Crippen LogP contribution in [-0.4, -0.2) is 48.4 Å². The van der Waals surface area contributed by atoms with Crippen LogP contribution in [0.5, 0.6) is 17.2 Å². The number of methoxy groups -OCH3 is 2. The fourth-order valence-corrected chi connectivity index (χ4v) is 10.7. The van der Waals surface area contributed by atoms with E-state index in [0.29, 0.717) is 30.3 Å². The predicted molar refractivity (Wildman–Crippen MR) is 193 cm³/mol. The Balaban J connectivity index is 1.95. The Kier molecular flexibility index (Phi) is 13.1. The quantitative estimate of drug-likeness (QED) is 0.0784. The van der Waals surface area contributed by atoms with E-state index in [4.69, 9.17) is 34.7 Å². The second-order valence-electron chi connectivity index (χ2n) is 13.0. The molecule has 2 aromatic rings. The molecule has 3 rings (SSSR count). The van der Waals surface area contributed by atoms with Gasteiger partial charge in [-0.3, -0.25) is 0 Å². The monoisotopic (exact) mass is 758 g/mol. The lowest BCUT2D eigenvalue weighted by atomic mass is 10.0. The third kappa shape index (κ3) is 8.82. The van der Waals surface area contributed by atoms with Crippen LogP contribution in [0.4, 0.5) is 0 Å². The van der Waals surface area contributed by atoms with Crippen molar-refractivity contribution in [2.75, 3.05) is 14.2 Å². The first-order chi connectivity index (χ1) is 20.2. The average Bonchev–Trinajstić information content (AvgIpc) is 3.36. The predicted octanol–water partition coefficient (Wildman–Crippen LogP) is 10.1. The van der Waals surface area contributed by atoms with Crippen LogP contribution in [0.2, 0.25) is 36.3 Å². The Labute approximate surface area is 281 Å². The third-order valence-electron chi connectivity index (χ3n) is 9.41. The van der Waals surface area contributed by atoms with E-state index < -0.39 is 16.6 Å². The van der Waals surface area contributed by atoms with Crippen molar-refractivity contribution in [3.8, 4) is 17.2 Å². The van der Waals surface area contributed by atoms with E-state index >= 15 is 0 Å². The standard InChI is InChI=1S/C34H52ClIO5Si2/c1-11-43(12-2,13-3)40-25-19-26(30(20-25)41-42(9,10)34(4,5)6)28(35)21-27-29(36)22-31(33(38-8)32(27)37-7)39-23-24-17-15-14-16-18-24/h14-19,22,25,28,30H,11-13,20-21,23H2,1-10H3/t25-,28-,30-/m0/s1. The molecule has 0 fully saturated rings. The van der Waals surface area contributed by atoms with Crippen LogP contribution >= 0.6 is 34.2 Å². The molecule has 2 aromatic carbocycles. The van der Waals surface area contributed by atoms with Gasteiger partial charge in [-0.05, 0) is 82.5 Å². The highest BCUT2D eigenvalue weighted by atomic mass is 127. The van der Waals surface area contributed by atoms with Crippen LogP contribution in [0, 0.1) is 3.57 Å². The number of rotatable bonds is 15. The Hall–Kier alpha value is -1.05. The molecule has 0 heterocycles. The van der Waals surface area contributed by atoms with Crippen LogP contribution in [-0.2, 0) is 21.9 Å². The number of halogens is 2. The molecule has 0 radical (unpaired) electrons. The van der Waals surface area contributed by atoms with Gasteiger partial charge in [0.25, 0.3) is 0 Å². The minimum absolute atomic E-state index is 0.0294. The molecule has 0 saturated carbocycles. The molecule has 0 aliphatic heterocycles. The molecular formula is C34H52ClIO5Si2. The van der Waals surface area contributed by atoms with Gasteiger partial charge in [0.1, 0.15) is 6.61 Å². The minimum atomic E-state index is -2.06. The zero-order valence-corrected chi connectivity index (χ0v) is 32.7. The normalized spacial score (nSPS) is 18.4. The van der Waals surface area contributed by atoms with Crippen molar-refractivity contribution in [3.63, 3.8) is 0 Å². The molecule has 9 heteroatoms. The smallest absolute Gasteiger partial charge is 0.203 e. The SMILES string of the molecule is CC[Si](CC)(CC)O[C@H]1C=C([C@@H](Cl)Cc2c(I)cc(OCc3ccccc3)c(OC)c2OC)[C@@H](O[Si](C)(C)C(C)(C)C)C1. The third-order valence-corrected chi connectivity index (χ3v) is 19.9. The summed E-state index contributed by atoms with van der Waals surface area (Å²) in [7, 11) is -0.536. The largest absolute Gasteiger partial charge is 0.492 e. The minimum Gasteiger partial charge on any atom is -0.492 e. The van der Waals surface area contributed by atoms with Gasteiger partial charge in [-0.25, -0.2) is 0 Å². The van der Waals surface area contributed by atoms with Gasteiger partial charge in [0.05, 0.1) is 31.8 Å². The molecule has 43 heavy (non-hydrogen) atoms. The molecule has 0 N–H and O–H groups in total. The van der Waals surface area contributed by atoms with E-state index in [0.717, 1.165) is 44.8 Å². The fraction of sp³-hybridized carbons (Fsp3) is 0.588. The van der Waals surface area contributed by atoms with E-state index in [2.05, 4.69) is 83.3 Å². The summed E-state index contributed by atoms with van der Waals surface area (Å²) in [4.78, 5) is 0. The van der Waals surface area contributed by atoms with Gasteiger partial charge in [0.2, 0.25) is 5.75 Å². The van der Waals surface area contributed by atoms with E-state index in [9.17, 15) is 0 Å². The lowest BCUT2D eigenvalue weighted by Crippen LogP contribution is -2.45. The van der Waals surface area contributed by atoms with Gasteiger partial charge in [0.15, 0.2) is 28.1 Å². The fourth-order valence-electron chi connectivity index (χ4n) is 5.46. The van der Waals surface area contributed by atoms with Crippen molar-refractivity contribution in [1.29, 1.82) is 0 Å². The Bertz CT molecular complexity index is 1220. The lowest BCUT2D eigenvalue weighted by molar-refractivity contribution is 0.156. The summed E-state index contributed by atoms with van der Waals surface area (Å²) in [6, 6.07) is 15.5. The number of ether oxygens (including phenoxy) is 3. The summed E-state index contributed by atoms with van der Waals surface area (Å²) in [5.41, 5.74) is 3.22. The second-order valence-corrected chi connectivity index (χ2v) is 24.2. The van der Waals surface area contributed by atoms with Crippen molar-refractivity contribution in [3.05, 3.63) is 62.7 Å². The van der Waals surface area contributed by atoms with Gasteiger partial charge in [-0.15, -0.1) is 11.6 Å². The molecule has 5 nitrogen and oxygen atoms in total. The molecule has 0 spiro atoms. The first kappa shape index (κ1) is 36.4. The molecule has 240 valence electrons. The van der Waals surface area contributed by atoms with Crippen LogP contribution in [0.1, 0.15) is 59.1 Å². The highest BCUT2D eigenvalue weighted by molar-refractivity contribution is 14.1. The maximum absolute atomic E-state index is 7.37. The average molecular weight is 759 g/mol. The summed E-state index contributed by atoms with van der Waals surface area (Å²) in [6.07, 6.45) is 3.65. The molecule has 0 bridgehead atoms. The second kappa shape index (κ2) is 15.5. The van der Waals surface area contributed by atoms with E-state index in [-0.39, 0.29) is 22.6 Å². The van der Waals surface area contributed by atoms with E-state index in [1.165, 1.54) is 0 Å². The zero-order valence-electron chi connectivity index (χ0n) is 27.8. The van der Waals surface area contributed by atoms with Crippen molar-refractivity contribution < 1.29 is 23.1 Å². The van der Waals surface area contributed by atoms with E-state index in [1.54, 1.807) is 14.2 Å². The molecular weight excluding hydrogens is 707 g/mol. The maximum Gasteiger partial charge on any atom is 0.203 e. The summed E-state index contributed by atoms with van der Waals surface area (Å²) in [5, 5.41) is -0.192. The summed E-state index contributed by atoms with van der Waals surface area (Å²) in [5.74, 6) is 1.89. The Morgan fingerprint density at radius 1 is 0.953 bits per heavy atom. The molecule has 0 amide bonds. The molecule has 1 aliphatic carbocycles. The number of benzene rings is 2. The number of hydrogen-bond donors (Lipinski definition) is 0. The van der Waals surface area contributed by atoms with Gasteiger partial charge in [-0.2, -0.15) is 0 Å². The first-order valence-electron chi connectivity index (χ1n) is 15.6. The first-order valence-corrected chi connectivity index (χ1v) is 22.5. The Morgan fingerprint density at radius 3 is 2.09 bits per heavy atom. The van der Waals surface area contributed by atoms with Crippen LogP contribution in [0.15, 0.2) is 48.0 Å². The number of alkyl halides is 1. The molecule has 0 unspecified atom stereocenters. The van der Waals surface area contributed by atoms with Gasteiger partial charge < -0.3 is 23.1 Å².